The van der Waals surface area contributed by atoms with Crippen molar-refractivity contribution in [1.82, 2.24) is 15.0 Å². The van der Waals surface area contributed by atoms with Gasteiger partial charge < -0.3 is 9.47 Å². The Labute approximate surface area is 143 Å². The highest BCUT2D eigenvalue weighted by Gasteiger charge is 2.13. The maximum Gasteiger partial charge on any atom is 0.191 e. The first-order valence-corrected chi connectivity index (χ1v) is 8.15. The van der Waals surface area contributed by atoms with Crippen LogP contribution in [0, 0.1) is 0 Å². The normalized spacial score (nSPS) is 10.6. The summed E-state index contributed by atoms with van der Waals surface area (Å²) in [5.41, 5.74) is 1.18. The van der Waals surface area contributed by atoms with Gasteiger partial charge in [-0.05, 0) is 18.2 Å². The van der Waals surface area contributed by atoms with Gasteiger partial charge in [0.1, 0.15) is 17.0 Å². The van der Waals surface area contributed by atoms with Gasteiger partial charge in [0.2, 0.25) is 0 Å². The zero-order valence-electron chi connectivity index (χ0n) is 13.2. The van der Waals surface area contributed by atoms with Crippen LogP contribution in [-0.4, -0.2) is 40.7 Å². The predicted molar refractivity (Wildman–Crippen MR) is 91.9 cm³/mol. The van der Waals surface area contributed by atoms with E-state index in [-0.39, 0.29) is 11.5 Å². The molecule has 0 atom stereocenters. The molecule has 0 aliphatic heterocycles. The van der Waals surface area contributed by atoms with Crippen LogP contribution in [0.1, 0.15) is 10.5 Å². The second-order valence-electron chi connectivity index (χ2n) is 4.83. The number of carbonyl (C=O) groups is 1. The average molecular weight is 341 g/mol. The molecule has 0 aliphatic rings. The summed E-state index contributed by atoms with van der Waals surface area (Å²) in [6.45, 7) is 0. The van der Waals surface area contributed by atoms with Crippen LogP contribution in [0.2, 0.25) is 0 Å². The molecule has 122 valence electrons. The van der Waals surface area contributed by atoms with Gasteiger partial charge in [-0.25, -0.2) is 9.97 Å². The molecule has 0 bridgehead atoms. The second-order valence-corrected chi connectivity index (χ2v) is 5.79. The number of hydrogen-bond acceptors (Lipinski definition) is 7. The van der Waals surface area contributed by atoms with E-state index in [0.717, 1.165) is 10.9 Å². The van der Waals surface area contributed by atoms with Crippen molar-refractivity contribution >= 4 is 28.4 Å². The quantitative estimate of drug-likeness (QED) is 0.387. The Kier molecular flexibility index (Phi) is 4.90. The number of ketones is 1. The predicted octanol–water partition coefficient (Wildman–Crippen LogP) is 3.02. The summed E-state index contributed by atoms with van der Waals surface area (Å²) in [6.07, 6.45) is 3.08. The second kappa shape index (κ2) is 7.27. The number of hydrogen-bond donors (Lipinski definition) is 0. The van der Waals surface area contributed by atoms with Gasteiger partial charge in [-0.15, -0.1) is 0 Å². The highest BCUT2D eigenvalue weighted by Crippen LogP contribution is 2.34. The van der Waals surface area contributed by atoms with Crippen LogP contribution < -0.4 is 9.47 Å². The third-order valence-electron chi connectivity index (χ3n) is 3.39. The molecule has 0 N–H and O–H groups in total. The molecule has 0 fully saturated rings. The van der Waals surface area contributed by atoms with Crippen LogP contribution in [0.25, 0.3) is 10.9 Å². The molecule has 3 aromatic rings. The van der Waals surface area contributed by atoms with E-state index in [2.05, 4.69) is 15.0 Å². The minimum atomic E-state index is -0.0483. The zero-order chi connectivity index (χ0) is 16.9. The Morgan fingerprint density at radius 1 is 1.08 bits per heavy atom. The molecule has 0 spiro atoms. The molecule has 0 saturated carbocycles. The number of thioether (sulfide) groups is 1. The van der Waals surface area contributed by atoms with Gasteiger partial charge in [-0.3, -0.25) is 9.78 Å². The fraction of sp³-hybridized carbons (Fsp3) is 0.176. The van der Waals surface area contributed by atoms with E-state index in [0.29, 0.717) is 22.2 Å². The number of ether oxygens (including phenoxy) is 2. The van der Waals surface area contributed by atoms with Crippen molar-refractivity contribution < 1.29 is 14.3 Å². The lowest BCUT2D eigenvalue weighted by atomic mass is 10.2. The molecule has 24 heavy (non-hydrogen) atoms. The number of aromatic nitrogens is 3. The third-order valence-corrected chi connectivity index (χ3v) is 4.40. The third kappa shape index (κ3) is 3.30. The van der Waals surface area contributed by atoms with Crippen molar-refractivity contribution in [3.63, 3.8) is 0 Å². The number of nitrogens with zero attached hydrogens (tertiary/aromatic N) is 3. The Bertz CT molecular complexity index is 872. The maximum atomic E-state index is 12.2. The maximum absolute atomic E-state index is 12.2. The molecule has 6 nitrogen and oxygen atoms in total. The number of Topliss-reactive ketones (excluding diaryl/α,β-unsaturated/α-hetero) is 1. The highest BCUT2D eigenvalue weighted by atomic mass is 32.2. The van der Waals surface area contributed by atoms with Crippen molar-refractivity contribution in [3.05, 3.63) is 48.5 Å². The van der Waals surface area contributed by atoms with Gasteiger partial charge in [0.15, 0.2) is 17.3 Å². The van der Waals surface area contributed by atoms with E-state index in [1.807, 2.05) is 6.07 Å². The number of benzene rings is 1. The first-order chi connectivity index (χ1) is 11.7. The summed E-state index contributed by atoms with van der Waals surface area (Å²) in [4.78, 5) is 24.8. The van der Waals surface area contributed by atoms with E-state index in [1.54, 1.807) is 44.7 Å². The van der Waals surface area contributed by atoms with Crippen LogP contribution in [0.3, 0.4) is 0 Å². The Hall–Kier alpha value is -2.67. The molecule has 0 aliphatic carbocycles. The lowest BCUT2D eigenvalue weighted by Crippen LogP contribution is -2.05. The van der Waals surface area contributed by atoms with Gasteiger partial charge in [0.05, 0.1) is 25.5 Å². The van der Waals surface area contributed by atoms with E-state index in [1.165, 1.54) is 18.1 Å². The highest BCUT2D eigenvalue weighted by molar-refractivity contribution is 8.00. The standard InChI is InChI=1S/C17H15N3O3S/c1-22-15-7-11-13(8-16(15)23-2)19-10-20-17(11)24-9-14(21)12-5-3-4-6-18-12/h3-8,10H,9H2,1-2H3. The van der Waals surface area contributed by atoms with Crippen molar-refractivity contribution in [2.45, 2.75) is 5.03 Å². The van der Waals surface area contributed by atoms with Crippen molar-refractivity contribution in [2.24, 2.45) is 0 Å². The summed E-state index contributed by atoms with van der Waals surface area (Å²) in [7, 11) is 3.15. The minimum Gasteiger partial charge on any atom is -0.493 e. The molecule has 2 heterocycles. The number of rotatable bonds is 6. The van der Waals surface area contributed by atoms with Crippen LogP contribution in [0.5, 0.6) is 11.5 Å². The van der Waals surface area contributed by atoms with Crippen LogP contribution in [0.4, 0.5) is 0 Å². The number of pyridine rings is 1. The van der Waals surface area contributed by atoms with E-state index in [9.17, 15) is 4.79 Å². The monoisotopic (exact) mass is 341 g/mol. The fourth-order valence-electron chi connectivity index (χ4n) is 2.21. The van der Waals surface area contributed by atoms with Crippen molar-refractivity contribution in [3.8, 4) is 11.5 Å². The smallest absolute Gasteiger partial charge is 0.191 e. The van der Waals surface area contributed by atoms with E-state index < -0.39 is 0 Å². The molecule has 0 saturated heterocycles. The SMILES string of the molecule is COc1cc2ncnc(SCC(=O)c3ccccn3)c2cc1OC. The summed E-state index contributed by atoms with van der Waals surface area (Å²) in [5, 5.41) is 1.53. The lowest BCUT2D eigenvalue weighted by molar-refractivity contribution is 0.101. The topological polar surface area (TPSA) is 74.2 Å². The molecule has 3 rings (SSSR count). The van der Waals surface area contributed by atoms with E-state index in [4.69, 9.17) is 9.47 Å². The van der Waals surface area contributed by atoms with Gasteiger partial charge in [-0.2, -0.15) is 0 Å². The summed E-state index contributed by atoms with van der Waals surface area (Å²) in [5.74, 6) is 1.40. The first-order valence-electron chi connectivity index (χ1n) is 7.16. The number of methoxy groups -OCH3 is 2. The summed E-state index contributed by atoms with van der Waals surface area (Å²) < 4.78 is 10.6. The molecule has 2 aromatic heterocycles. The number of carbonyl (C=O) groups excluding carboxylic acids is 1. The lowest BCUT2D eigenvalue weighted by Gasteiger charge is -2.10. The van der Waals surface area contributed by atoms with Gasteiger partial charge >= 0.3 is 0 Å². The van der Waals surface area contributed by atoms with Crippen molar-refractivity contribution in [2.75, 3.05) is 20.0 Å². The molecular formula is C17H15N3O3S. The van der Waals surface area contributed by atoms with Crippen LogP contribution >= 0.6 is 11.8 Å². The zero-order valence-corrected chi connectivity index (χ0v) is 14.0. The molecule has 1 aromatic carbocycles. The average Bonchev–Trinajstić information content (AvgIpc) is 2.65. The largest absolute Gasteiger partial charge is 0.493 e. The Morgan fingerprint density at radius 3 is 2.58 bits per heavy atom. The summed E-state index contributed by atoms with van der Waals surface area (Å²) in [6, 6.07) is 8.89. The molecular weight excluding hydrogens is 326 g/mol. The van der Waals surface area contributed by atoms with Gasteiger partial charge in [0.25, 0.3) is 0 Å². The molecule has 0 amide bonds. The molecule has 7 heteroatoms. The minimum absolute atomic E-state index is 0.0483. The van der Waals surface area contributed by atoms with Crippen LogP contribution in [0.15, 0.2) is 47.9 Å². The first kappa shape index (κ1) is 16.2. The van der Waals surface area contributed by atoms with Gasteiger partial charge in [0, 0.05) is 17.6 Å². The molecule has 0 unspecified atom stereocenters. The van der Waals surface area contributed by atoms with E-state index >= 15 is 0 Å². The Morgan fingerprint density at radius 2 is 1.88 bits per heavy atom. The molecule has 0 radical (unpaired) electrons. The fourth-order valence-corrected chi connectivity index (χ4v) is 3.07. The van der Waals surface area contributed by atoms with Crippen LogP contribution in [-0.2, 0) is 0 Å². The number of fused-ring (bicyclic) bond motifs is 1. The van der Waals surface area contributed by atoms with Gasteiger partial charge in [-0.1, -0.05) is 17.8 Å². The van der Waals surface area contributed by atoms with Crippen molar-refractivity contribution in [1.29, 1.82) is 0 Å². The summed E-state index contributed by atoms with van der Waals surface area (Å²) >= 11 is 1.35. The Balaban J connectivity index is 1.88.